The predicted octanol–water partition coefficient (Wildman–Crippen LogP) is 5.73. The Hall–Kier alpha value is -3.92. The van der Waals surface area contributed by atoms with Crippen molar-refractivity contribution in [3.05, 3.63) is 66.2 Å². The van der Waals surface area contributed by atoms with E-state index in [1.54, 1.807) is 12.1 Å². The first-order valence-corrected chi connectivity index (χ1v) is 14.1. The second-order valence-corrected chi connectivity index (χ2v) is 11.5. The number of ether oxygens (including phenoxy) is 1. The zero-order valence-corrected chi connectivity index (χ0v) is 22.7. The first kappa shape index (κ1) is 27.3. The number of nitrogens with two attached hydrogens (primary N) is 1. The van der Waals surface area contributed by atoms with Gasteiger partial charge in [0.05, 0.1) is 12.1 Å². The average molecular weight is 562 g/mol. The minimum absolute atomic E-state index is 0.120. The first-order valence-electron chi connectivity index (χ1n) is 14.1. The highest BCUT2D eigenvalue weighted by Crippen LogP contribution is 2.50. The summed E-state index contributed by atoms with van der Waals surface area (Å²) in [6, 6.07) is 18.9. The summed E-state index contributed by atoms with van der Waals surface area (Å²) in [5.74, 6) is -2.24. The molecule has 3 N–H and O–H groups in total. The highest BCUT2D eigenvalue weighted by atomic mass is 19.3. The molecule has 6 rings (SSSR count). The van der Waals surface area contributed by atoms with Gasteiger partial charge in [0.2, 0.25) is 5.91 Å². The zero-order chi connectivity index (χ0) is 28.6. The average Bonchev–Trinajstić information content (AvgIpc) is 3.38. The number of amides is 2. The van der Waals surface area contributed by atoms with Crippen LogP contribution < -0.4 is 11.1 Å². The number of aromatic nitrogens is 2. The summed E-state index contributed by atoms with van der Waals surface area (Å²) in [7, 11) is 0. The topological polar surface area (TPSA) is 110 Å². The lowest BCUT2D eigenvalue weighted by Crippen LogP contribution is -2.55. The molecule has 1 aromatic heterocycles. The summed E-state index contributed by atoms with van der Waals surface area (Å²) in [4.78, 5) is 26.6. The Labute approximate surface area is 237 Å². The van der Waals surface area contributed by atoms with Gasteiger partial charge in [-0.05, 0) is 48.8 Å². The minimum atomic E-state index is -2.72. The molecule has 0 bridgehead atoms. The Bertz CT molecular complexity index is 1420. The van der Waals surface area contributed by atoms with E-state index in [-0.39, 0.29) is 36.8 Å². The summed E-state index contributed by atoms with van der Waals surface area (Å²) in [5.41, 5.74) is 8.94. The molecule has 2 saturated carbocycles. The van der Waals surface area contributed by atoms with E-state index in [2.05, 4.69) is 15.5 Å². The molecule has 1 aliphatic heterocycles. The molecule has 10 heteroatoms. The van der Waals surface area contributed by atoms with E-state index < -0.39 is 11.5 Å². The van der Waals surface area contributed by atoms with Crippen LogP contribution in [0, 0.1) is 5.92 Å². The van der Waals surface area contributed by atoms with Crippen molar-refractivity contribution in [3.63, 3.8) is 0 Å². The number of nitrogens with one attached hydrogen (secondary N) is 1. The number of carbonyl (C=O) groups excluding carboxylic acids is 2. The van der Waals surface area contributed by atoms with Crippen molar-refractivity contribution in [1.82, 2.24) is 15.1 Å². The lowest BCUT2D eigenvalue weighted by atomic mass is 9.70. The van der Waals surface area contributed by atoms with Crippen LogP contribution in [0.5, 0.6) is 0 Å². The molecule has 3 aliphatic rings. The molecule has 2 heterocycles. The first-order chi connectivity index (χ1) is 19.7. The second-order valence-electron chi connectivity index (χ2n) is 11.5. The Kier molecular flexibility index (Phi) is 7.19. The van der Waals surface area contributed by atoms with Crippen LogP contribution in [0.15, 0.2) is 60.7 Å². The van der Waals surface area contributed by atoms with Gasteiger partial charge in [-0.3, -0.25) is 4.79 Å². The molecule has 0 atom stereocenters. The van der Waals surface area contributed by atoms with Crippen molar-refractivity contribution >= 4 is 17.8 Å². The molecule has 214 valence electrons. The highest BCUT2D eigenvalue weighted by molar-refractivity contribution is 5.91. The predicted molar refractivity (Wildman–Crippen MR) is 150 cm³/mol. The van der Waals surface area contributed by atoms with Gasteiger partial charge in [0.1, 0.15) is 12.3 Å². The number of hydrogen-bond acceptors (Lipinski definition) is 6. The maximum Gasteiger partial charge on any atom is 0.410 e. The molecule has 2 aromatic carbocycles. The van der Waals surface area contributed by atoms with Crippen LogP contribution in [-0.4, -0.2) is 52.2 Å². The van der Waals surface area contributed by atoms with E-state index in [0.29, 0.717) is 36.6 Å². The van der Waals surface area contributed by atoms with Gasteiger partial charge in [0.25, 0.3) is 5.92 Å². The number of alkyl halides is 2. The number of benzene rings is 2. The van der Waals surface area contributed by atoms with E-state index in [4.69, 9.17) is 10.5 Å². The molecule has 0 spiro atoms. The van der Waals surface area contributed by atoms with E-state index in [0.717, 1.165) is 42.4 Å². The van der Waals surface area contributed by atoms with Crippen LogP contribution in [0.25, 0.3) is 22.4 Å². The summed E-state index contributed by atoms with van der Waals surface area (Å²) in [6.07, 6.45) is 2.90. The van der Waals surface area contributed by atoms with Crippen molar-refractivity contribution in [1.29, 1.82) is 0 Å². The fraction of sp³-hybridized carbons (Fsp3) is 0.419. The van der Waals surface area contributed by atoms with Crippen molar-refractivity contribution < 1.29 is 23.1 Å². The summed E-state index contributed by atoms with van der Waals surface area (Å²) < 4.78 is 32.1. The number of nitrogens with zero attached hydrogens (tertiary/aromatic N) is 3. The van der Waals surface area contributed by atoms with Crippen LogP contribution >= 0.6 is 0 Å². The number of halogens is 2. The van der Waals surface area contributed by atoms with Crippen LogP contribution in [0.2, 0.25) is 0 Å². The number of carbonyl (C=O) groups is 2. The van der Waals surface area contributed by atoms with Crippen LogP contribution in [0.4, 0.5) is 19.4 Å². The van der Waals surface area contributed by atoms with Gasteiger partial charge in [-0.15, -0.1) is 10.2 Å². The Morgan fingerprint density at radius 3 is 2.34 bits per heavy atom. The quantitative estimate of drug-likeness (QED) is 0.381. The Morgan fingerprint density at radius 1 is 1.00 bits per heavy atom. The normalized spacial score (nSPS) is 23.0. The van der Waals surface area contributed by atoms with Gasteiger partial charge < -0.3 is 20.7 Å². The Balaban J connectivity index is 1.15. The van der Waals surface area contributed by atoms with Crippen molar-refractivity contribution in [3.8, 4) is 22.4 Å². The van der Waals surface area contributed by atoms with Crippen molar-refractivity contribution in [2.75, 3.05) is 18.5 Å². The van der Waals surface area contributed by atoms with Crippen molar-refractivity contribution in [2.45, 2.75) is 62.4 Å². The molecular weight excluding hydrogens is 528 g/mol. The summed E-state index contributed by atoms with van der Waals surface area (Å²) in [5, 5.41) is 11.7. The molecule has 0 radical (unpaired) electrons. The van der Waals surface area contributed by atoms with Crippen LogP contribution in [0.1, 0.15) is 50.5 Å². The van der Waals surface area contributed by atoms with Crippen molar-refractivity contribution in [2.24, 2.45) is 11.7 Å². The molecule has 1 saturated heterocycles. The molecule has 41 heavy (non-hydrogen) atoms. The lowest BCUT2D eigenvalue weighted by Gasteiger charge is -2.44. The third kappa shape index (κ3) is 5.79. The fourth-order valence-corrected chi connectivity index (χ4v) is 6.39. The van der Waals surface area contributed by atoms with Gasteiger partial charge in [-0.2, -0.15) is 0 Å². The lowest BCUT2D eigenvalue weighted by molar-refractivity contribution is -0.125. The number of rotatable bonds is 7. The monoisotopic (exact) mass is 561 g/mol. The summed E-state index contributed by atoms with van der Waals surface area (Å²) >= 11 is 0. The van der Waals surface area contributed by atoms with Gasteiger partial charge >= 0.3 is 6.09 Å². The maximum atomic E-state index is 13.5. The van der Waals surface area contributed by atoms with Gasteiger partial charge in [-0.1, -0.05) is 54.6 Å². The summed E-state index contributed by atoms with van der Waals surface area (Å²) in [6.45, 7) is 1.09. The molecule has 2 aliphatic carbocycles. The molecule has 0 unspecified atom stereocenters. The largest absolute Gasteiger partial charge is 0.448 e. The number of anilines is 1. The van der Waals surface area contributed by atoms with Gasteiger partial charge in [0, 0.05) is 36.4 Å². The molecular formula is C31H33F2N5O3. The third-order valence-electron chi connectivity index (χ3n) is 8.55. The smallest absolute Gasteiger partial charge is 0.410 e. The van der Waals surface area contributed by atoms with Gasteiger partial charge in [0.15, 0.2) is 5.82 Å². The Morgan fingerprint density at radius 2 is 1.71 bits per heavy atom. The SMILES string of the molecule is NC1(c2ccc(-c3nnc(NC(=O)CC4CCC(N5CCOC5=O)CC4)cc3-c3ccccc3)cc2)CC(F)(F)C1. The molecule has 8 nitrogen and oxygen atoms in total. The van der Waals surface area contributed by atoms with E-state index in [9.17, 15) is 18.4 Å². The third-order valence-corrected chi connectivity index (χ3v) is 8.55. The van der Waals surface area contributed by atoms with Crippen LogP contribution in [-0.2, 0) is 15.1 Å². The highest BCUT2D eigenvalue weighted by Gasteiger charge is 2.55. The molecule has 2 amide bonds. The van der Waals surface area contributed by atoms with E-state index >= 15 is 0 Å². The zero-order valence-electron chi connectivity index (χ0n) is 22.7. The van der Waals surface area contributed by atoms with E-state index in [1.165, 1.54) is 0 Å². The van der Waals surface area contributed by atoms with Gasteiger partial charge in [-0.25, -0.2) is 13.6 Å². The minimum Gasteiger partial charge on any atom is -0.448 e. The van der Waals surface area contributed by atoms with E-state index in [1.807, 2.05) is 53.4 Å². The number of cyclic esters (lactones) is 1. The second kappa shape index (κ2) is 10.8. The van der Waals surface area contributed by atoms with Crippen LogP contribution in [0.3, 0.4) is 0 Å². The molecule has 3 fully saturated rings. The fourth-order valence-electron chi connectivity index (χ4n) is 6.39. The standard InChI is InChI=1S/C31H33F2N5O3/c32-31(33)18-30(34,19-31)23-10-8-22(9-11-23)28-25(21-4-2-1-3-5-21)17-26(36-37-28)35-27(39)16-20-6-12-24(13-7-20)38-14-15-41-29(38)40/h1-5,8-11,17,20,24H,6-7,12-16,18-19,34H2,(H,35,36,39). The maximum absolute atomic E-state index is 13.5. The molecule has 3 aromatic rings. The number of hydrogen-bond donors (Lipinski definition) is 2.